The molecule has 0 unspecified atom stereocenters. The first-order valence-corrected chi connectivity index (χ1v) is 6.45. The number of hydrogen-bond acceptors (Lipinski definition) is 3. The maximum Gasteiger partial charge on any atom is 0.406 e. The maximum absolute atomic E-state index is 13.3. The molecule has 1 saturated heterocycles. The zero-order chi connectivity index (χ0) is 15.7. The van der Waals surface area contributed by atoms with Crippen LogP contribution in [0.4, 0.5) is 13.2 Å². The van der Waals surface area contributed by atoms with E-state index >= 15 is 0 Å². The average molecular weight is 303 g/mol. The number of benzene rings is 1. The summed E-state index contributed by atoms with van der Waals surface area (Å²) in [7, 11) is 1.43. The van der Waals surface area contributed by atoms with Gasteiger partial charge in [0.15, 0.2) is 5.41 Å². The summed E-state index contributed by atoms with van der Waals surface area (Å²) in [5.41, 5.74) is -2.18. The molecule has 0 aliphatic carbocycles. The van der Waals surface area contributed by atoms with Crippen LogP contribution in [0.15, 0.2) is 24.3 Å². The van der Waals surface area contributed by atoms with E-state index in [1.807, 2.05) is 0 Å². The van der Waals surface area contributed by atoms with Crippen LogP contribution in [0, 0.1) is 11.3 Å². The summed E-state index contributed by atoms with van der Waals surface area (Å²) in [6, 6.07) is 6.70. The Balaban J connectivity index is 2.36. The van der Waals surface area contributed by atoms with Crippen molar-refractivity contribution in [3.05, 3.63) is 29.8 Å². The average Bonchev–Trinajstić information content (AvgIpc) is 2.83. The molecule has 1 aromatic carbocycles. The van der Waals surface area contributed by atoms with E-state index in [4.69, 9.17) is 4.74 Å². The molecular formula is C14H16F3NO3. The minimum absolute atomic E-state index is 0.00383. The smallest absolute Gasteiger partial charge is 0.406 e. The van der Waals surface area contributed by atoms with Crippen molar-refractivity contribution in [1.82, 2.24) is 5.32 Å². The number of halogens is 3. The van der Waals surface area contributed by atoms with Gasteiger partial charge in [-0.15, -0.1) is 0 Å². The van der Waals surface area contributed by atoms with Gasteiger partial charge in [0.1, 0.15) is 5.75 Å². The highest BCUT2D eigenvalue weighted by atomic mass is 19.4. The Morgan fingerprint density at radius 3 is 2.71 bits per heavy atom. The van der Waals surface area contributed by atoms with Gasteiger partial charge < -0.3 is 15.2 Å². The highest BCUT2D eigenvalue weighted by Crippen LogP contribution is 2.48. The van der Waals surface area contributed by atoms with Crippen LogP contribution in [-0.4, -0.2) is 37.5 Å². The van der Waals surface area contributed by atoms with Crippen molar-refractivity contribution >= 4 is 5.97 Å². The largest absolute Gasteiger partial charge is 0.496 e. The van der Waals surface area contributed by atoms with Gasteiger partial charge in [0, 0.05) is 12.5 Å². The normalized spacial score (nSPS) is 25.8. The molecule has 21 heavy (non-hydrogen) atoms. The fourth-order valence-corrected chi connectivity index (χ4v) is 2.85. The van der Waals surface area contributed by atoms with E-state index in [1.54, 1.807) is 24.3 Å². The summed E-state index contributed by atoms with van der Waals surface area (Å²) in [5.74, 6) is -2.45. The zero-order valence-corrected chi connectivity index (χ0v) is 11.4. The van der Waals surface area contributed by atoms with Crippen LogP contribution in [0.3, 0.4) is 0 Å². The summed E-state index contributed by atoms with van der Waals surface area (Å²) < 4.78 is 45.2. The van der Waals surface area contributed by atoms with E-state index in [0.29, 0.717) is 11.3 Å². The topological polar surface area (TPSA) is 58.6 Å². The quantitative estimate of drug-likeness (QED) is 0.894. The summed E-state index contributed by atoms with van der Waals surface area (Å²) in [6.07, 6.45) is -4.82. The molecule has 4 nitrogen and oxygen atoms in total. The molecule has 0 saturated carbocycles. The predicted molar refractivity (Wildman–Crippen MR) is 69.2 cm³/mol. The Kier molecular flexibility index (Phi) is 4.13. The molecule has 1 fully saturated rings. The molecule has 2 N–H and O–H groups in total. The van der Waals surface area contributed by atoms with Gasteiger partial charge in [0.2, 0.25) is 0 Å². The Labute approximate surface area is 119 Å². The molecule has 7 heteroatoms. The first-order valence-electron chi connectivity index (χ1n) is 6.45. The van der Waals surface area contributed by atoms with Crippen LogP contribution >= 0.6 is 0 Å². The monoisotopic (exact) mass is 303 g/mol. The number of nitrogens with one attached hydrogen (secondary N) is 1. The summed E-state index contributed by atoms with van der Waals surface area (Å²) in [4.78, 5) is 11.3. The number of carbonyl (C=O) groups is 1. The van der Waals surface area contributed by atoms with E-state index in [2.05, 4.69) is 5.32 Å². The van der Waals surface area contributed by atoms with Gasteiger partial charge in [-0.3, -0.25) is 4.79 Å². The Morgan fingerprint density at radius 1 is 1.48 bits per heavy atom. The summed E-state index contributed by atoms with van der Waals surface area (Å²) in [6.45, 7) is -0.602. The van der Waals surface area contributed by atoms with Gasteiger partial charge in [-0.2, -0.15) is 13.2 Å². The lowest BCUT2D eigenvalue weighted by Crippen LogP contribution is -2.51. The minimum Gasteiger partial charge on any atom is -0.496 e. The van der Waals surface area contributed by atoms with Crippen molar-refractivity contribution in [2.45, 2.75) is 12.6 Å². The molecule has 1 aromatic rings. The summed E-state index contributed by atoms with van der Waals surface area (Å²) in [5, 5.41) is 11.8. The van der Waals surface area contributed by atoms with Crippen molar-refractivity contribution in [1.29, 1.82) is 0 Å². The van der Waals surface area contributed by atoms with E-state index in [0.717, 1.165) is 0 Å². The molecule has 2 atom stereocenters. The molecule has 0 bridgehead atoms. The number of rotatable bonds is 4. The first-order chi connectivity index (χ1) is 9.83. The highest BCUT2D eigenvalue weighted by Gasteiger charge is 2.66. The second-order valence-electron chi connectivity index (χ2n) is 5.12. The second kappa shape index (κ2) is 5.55. The highest BCUT2D eigenvalue weighted by molar-refractivity contribution is 5.77. The molecule has 0 aromatic heterocycles. The molecule has 0 amide bonds. The molecule has 1 heterocycles. The molecule has 116 valence electrons. The lowest BCUT2D eigenvalue weighted by atomic mass is 9.74. The van der Waals surface area contributed by atoms with Crippen LogP contribution in [0.25, 0.3) is 0 Å². The van der Waals surface area contributed by atoms with E-state index in [9.17, 15) is 23.1 Å². The lowest BCUT2D eigenvalue weighted by Gasteiger charge is -2.32. The van der Waals surface area contributed by atoms with Gasteiger partial charge in [-0.25, -0.2) is 0 Å². The third kappa shape index (κ3) is 2.57. The Bertz CT molecular complexity index is 532. The molecule has 2 rings (SSSR count). The van der Waals surface area contributed by atoms with Crippen LogP contribution in [-0.2, 0) is 11.2 Å². The minimum atomic E-state index is -4.81. The zero-order valence-electron chi connectivity index (χ0n) is 11.4. The maximum atomic E-state index is 13.3. The van der Waals surface area contributed by atoms with Crippen molar-refractivity contribution < 1.29 is 27.8 Å². The number of hydrogen-bond donors (Lipinski definition) is 2. The fourth-order valence-electron chi connectivity index (χ4n) is 2.85. The van der Waals surface area contributed by atoms with E-state index in [-0.39, 0.29) is 13.0 Å². The van der Waals surface area contributed by atoms with Gasteiger partial charge in [0.25, 0.3) is 0 Å². The molecule has 0 spiro atoms. The Morgan fingerprint density at radius 2 is 2.14 bits per heavy atom. The van der Waals surface area contributed by atoms with Crippen LogP contribution < -0.4 is 10.1 Å². The molecular weight excluding hydrogens is 287 g/mol. The van der Waals surface area contributed by atoms with Gasteiger partial charge in [-0.1, -0.05) is 18.2 Å². The number of para-hydroxylation sites is 1. The Hall–Kier alpha value is -1.76. The van der Waals surface area contributed by atoms with E-state index < -0.39 is 30.0 Å². The van der Waals surface area contributed by atoms with Gasteiger partial charge in [0.05, 0.1) is 7.11 Å². The number of methoxy groups -OCH3 is 1. The molecule has 1 aliphatic heterocycles. The van der Waals surface area contributed by atoms with Crippen molar-refractivity contribution in [2.24, 2.45) is 11.3 Å². The first kappa shape index (κ1) is 15.6. The van der Waals surface area contributed by atoms with Crippen LogP contribution in [0.2, 0.25) is 0 Å². The third-order valence-corrected chi connectivity index (χ3v) is 4.04. The number of ether oxygens (including phenoxy) is 1. The third-order valence-electron chi connectivity index (χ3n) is 4.04. The lowest BCUT2D eigenvalue weighted by molar-refractivity contribution is -0.236. The number of carboxylic acid groups (broad SMARTS) is 1. The van der Waals surface area contributed by atoms with Gasteiger partial charge in [-0.05, 0) is 24.6 Å². The SMILES string of the molecule is COc1ccccc1C[C@@H]1CNC[C@]1(C(=O)O)C(F)(F)F. The van der Waals surface area contributed by atoms with Crippen molar-refractivity contribution in [3.63, 3.8) is 0 Å². The van der Waals surface area contributed by atoms with Crippen molar-refractivity contribution in [2.75, 3.05) is 20.2 Å². The summed E-state index contributed by atoms with van der Waals surface area (Å²) >= 11 is 0. The van der Waals surface area contributed by atoms with Crippen LogP contribution in [0.1, 0.15) is 5.56 Å². The van der Waals surface area contributed by atoms with Crippen molar-refractivity contribution in [3.8, 4) is 5.75 Å². The standard InChI is InChI=1S/C14H16F3NO3/c1-21-11-5-3-2-4-9(11)6-10-7-18-8-13(10,12(19)20)14(15,16)17/h2-5,10,18H,6-8H2,1H3,(H,19,20)/t10-,13+/m1/s1. The number of alkyl halides is 3. The van der Waals surface area contributed by atoms with Gasteiger partial charge >= 0.3 is 12.1 Å². The predicted octanol–water partition coefficient (Wildman–Crippen LogP) is 2.09. The number of aliphatic carboxylic acids is 1. The molecule has 0 radical (unpaired) electrons. The molecule has 1 aliphatic rings. The van der Waals surface area contributed by atoms with E-state index in [1.165, 1.54) is 7.11 Å². The second-order valence-corrected chi connectivity index (χ2v) is 5.12. The van der Waals surface area contributed by atoms with Crippen LogP contribution in [0.5, 0.6) is 5.75 Å². The number of carboxylic acids is 1. The fraction of sp³-hybridized carbons (Fsp3) is 0.500.